The first kappa shape index (κ1) is 23.4. The Bertz CT molecular complexity index is 899. The SMILES string of the molecule is CC(C)C[C@H](C(=O)NC(C)(C)C)N(Cc1ccco1)C(=O)c1snc(C(N)=O)c1N. The number of hydrogen-bond donors (Lipinski definition) is 3. The molecule has 0 spiro atoms. The summed E-state index contributed by atoms with van der Waals surface area (Å²) in [5, 5.41) is 2.95. The average molecular weight is 436 g/mol. The number of carbonyl (C=O) groups excluding carboxylic acids is 3. The lowest BCUT2D eigenvalue weighted by atomic mass is 9.99. The van der Waals surface area contributed by atoms with Crippen LogP contribution in [0.2, 0.25) is 0 Å². The molecule has 164 valence electrons. The molecule has 0 fully saturated rings. The highest BCUT2D eigenvalue weighted by atomic mass is 32.1. The number of anilines is 1. The summed E-state index contributed by atoms with van der Waals surface area (Å²) in [4.78, 5) is 39.6. The molecule has 0 bridgehead atoms. The van der Waals surface area contributed by atoms with Crippen LogP contribution in [0.15, 0.2) is 22.8 Å². The number of furan rings is 1. The molecule has 0 aliphatic carbocycles. The van der Waals surface area contributed by atoms with Crippen LogP contribution >= 0.6 is 11.5 Å². The zero-order chi connectivity index (χ0) is 22.6. The maximum Gasteiger partial charge on any atom is 0.270 e. The highest BCUT2D eigenvalue weighted by Gasteiger charge is 2.35. The van der Waals surface area contributed by atoms with E-state index in [0.29, 0.717) is 12.2 Å². The van der Waals surface area contributed by atoms with Gasteiger partial charge < -0.3 is 26.1 Å². The highest BCUT2D eigenvalue weighted by Crippen LogP contribution is 2.27. The van der Waals surface area contributed by atoms with E-state index in [0.717, 1.165) is 11.5 Å². The van der Waals surface area contributed by atoms with Crippen molar-refractivity contribution in [2.45, 2.75) is 59.2 Å². The van der Waals surface area contributed by atoms with Crippen LogP contribution in [0.3, 0.4) is 0 Å². The van der Waals surface area contributed by atoms with Crippen LogP contribution in [0.25, 0.3) is 0 Å². The van der Waals surface area contributed by atoms with E-state index >= 15 is 0 Å². The van der Waals surface area contributed by atoms with Gasteiger partial charge in [0.25, 0.3) is 11.8 Å². The smallest absolute Gasteiger partial charge is 0.270 e. The monoisotopic (exact) mass is 435 g/mol. The first-order chi connectivity index (χ1) is 13.9. The zero-order valence-corrected chi connectivity index (χ0v) is 18.7. The second-order valence-corrected chi connectivity index (χ2v) is 9.31. The lowest BCUT2D eigenvalue weighted by molar-refractivity contribution is -0.128. The Labute approximate surface area is 180 Å². The number of carbonyl (C=O) groups is 3. The summed E-state index contributed by atoms with van der Waals surface area (Å²) in [6, 6.07) is 2.65. The van der Waals surface area contributed by atoms with Crippen molar-refractivity contribution in [2.75, 3.05) is 5.73 Å². The fourth-order valence-electron chi connectivity index (χ4n) is 2.93. The zero-order valence-electron chi connectivity index (χ0n) is 17.9. The number of hydrogen-bond acceptors (Lipinski definition) is 7. The van der Waals surface area contributed by atoms with E-state index < -0.39 is 23.4 Å². The second-order valence-electron chi connectivity index (χ2n) is 8.54. The van der Waals surface area contributed by atoms with E-state index in [-0.39, 0.29) is 34.6 Å². The quantitative estimate of drug-likeness (QED) is 0.580. The molecule has 2 aromatic rings. The van der Waals surface area contributed by atoms with Gasteiger partial charge in [-0.3, -0.25) is 14.4 Å². The number of amides is 3. The molecule has 0 aliphatic heterocycles. The number of primary amides is 1. The number of nitrogens with zero attached hydrogens (tertiary/aromatic N) is 2. The molecular weight excluding hydrogens is 406 g/mol. The summed E-state index contributed by atoms with van der Waals surface area (Å²) in [5.74, 6) is -0.964. The van der Waals surface area contributed by atoms with Gasteiger partial charge in [-0.1, -0.05) is 13.8 Å². The predicted octanol–water partition coefficient (Wildman–Crippen LogP) is 2.39. The molecule has 0 aromatic carbocycles. The summed E-state index contributed by atoms with van der Waals surface area (Å²) in [6.07, 6.45) is 1.92. The van der Waals surface area contributed by atoms with Crippen LogP contribution in [0.4, 0.5) is 5.69 Å². The predicted molar refractivity (Wildman–Crippen MR) is 115 cm³/mol. The molecule has 0 radical (unpaired) electrons. The minimum atomic E-state index is -0.815. The second kappa shape index (κ2) is 9.29. The third-order valence-corrected chi connectivity index (χ3v) is 5.05. The van der Waals surface area contributed by atoms with Gasteiger partial charge in [-0.2, -0.15) is 4.37 Å². The molecule has 0 unspecified atom stereocenters. The maximum atomic E-state index is 13.5. The molecule has 2 heterocycles. The molecule has 10 heteroatoms. The topological polar surface area (TPSA) is 145 Å². The van der Waals surface area contributed by atoms with Crippen molar-refractivity contribution in [1.82, 2.24) is 14.6 Å². The number of nitrogens with two attached hydrogens (primary N) is 2. The number of nitrogen functional groups attached to an aromatic ring is 1. The van der Waals surface area contributed by atoms with Crippen molar-refractivity contribution in [3.63, 3.8) is 0 Å². The molecule has 0 saturated carbocycles. The molecular formula is C20H29N5O4S. The Kier molecular flexibility index (Phi) is 7.25. The molecule has 1 atom stereocenters. The van der Waals surface area contributed by atoms with E-state index in [1.807, 2.05) is 34.6 Å². The Morgan fingerprint density at radius 1 is 1.30 bits per heavy atom. The molecule has 3 amide bonds. The fourth-order valence-corrected chi connectivity index (χ4v) is 3.69. The molecule has 2 rings (SSSR count). The largest absolute Gasteiger partial charge is 0.467 e. The summed E-state index contributed by atoms with van der Waals surface area (Å²) >= 11 is 0.785. The van der Waals surface area contributed by atoms with Crippen LogP contribution < -0.4 is 16.8 Å². The van der Waals surface area contributed by atoms with Gasteiger partial charge in [0.15, 0.2) is 5.69 Å². The maximum absolute atomic E-state index is 13.5. The minimum Gasteiger partial charge on any atom is -0.467 e. The molecule has 9 nitrogen and oxygen atoms in total. The average Bonchev–Trinajstić information content (AvgIpc) is 3.25. The third-order valence-electron chi connectivity index (χ3n) is 4.19. The van der Waals surface area contributed by atoms with E-state index in [1.165, 1.54) is 11.2 Å². The standard InChI is InChI=1S/C20H29N5O4S/c1-11(2)9-13(18(27)23-20(3,4)5)25(10-12-7-6-8-29-12)19(28)16-14(21)15(17(22)26)24-30-16/h6-8,11,13H,9-10,21H2,1-5H3,(H2,22,26)(H,23,27)/t13-/m1/s1. The Morgan fingerprint density at radius 3 is 2.43 bits per heavy atom. The first-order valence-corrected chi connectivity index (χ1v) is 10.4. The van der Waals surface area contributed by atoms with Crippen LogP contribution in [-0.2, 0) is 11.3 Å². The van der Waals surface area contributed by atoms with Gasteiger partial charge in [-0.05, 0) is 56.8 Å². The normalized spacial score (nSPS) is 12.6. The van der Waals surface area contributed by atoms with Crippen LogP contribution in [0, 0.1) is 5.92 Å². The van der Waals surface area contributed by atoms with Crippen molar-refractivity contribution in [3.8, 4) is 0 Å². The Balaban J connectivity index is 2.48. The van der Waals surface area contributed by atoms with E-state index in [9.17, 15) is 14.4 Å². The van der Waals surface area contributed by atoms with E-state index in [2.05, 4.69) is 9.69 Å². The van der Waals surface area contributed by atoms with Crippen molar-refractivity contribution >= 4 is 34.9 Å². The first-order valence-electron chi connectivity index (χ1n) is 9.61. The molecule has 5 N–H and O–H groups in total. The number of nitrogens with one attached hydrogen (secondary N) is 1. The summed E-state index contributed by atoms with van der Waals surface area (Å²) in [5.41, 5.74) is 10.5. The molecule has 2 aromatic heterocycles. The molecule has 0 aliphatic rings. The van der Waals surface area contributed by atoms with Gasteiger partial charge in [-0.25, -0.2) is 0 Å². The van der Waals surface area contributed by atoms with Gasteiger partial charge in [0.2, 0.25) is 5.91 Å². The van der Waals surface area contributed by atoms with Crippen molar-refractivity contribution in [2.24, 2.45) is 11.7 Å². The van der Waals surface area contributed by atoms with Crippen LogP contribution in [-0.4, -0.2) is 38.6 Å². The van der Waals surface area contributed by atoms with Gasteiger partial charge in [0.1, 0.15) is 16.7 Å². The van der Waals surface area contributed by atoms with Crippen LogP contribution in [0.1, 0.15) is 67.0 Å². The Hall–Kier alpha value is -2.88. The van der Waals surface area contributed by atoms with Crippen molar-refractivity contribution < 1.29 is 18.8 Å². The molecule has 30 heavy (non-hydrogen) atoms. The van der Waals surface area contributed by atoms with Gasteiger partial charge in [-0.15, -0.1) is 0 Å². The van der Waals surface area contributed by atoms with E-state index in [1.54, 1.807) is 12.1 Å². The Morgan fingerprint density at radius 2 is 1.97 bits per heavy atom. The summed E-state index contributed by atoms with van der Waals surface area (Å²) in [7, 11) is 0. The lowest BCUT2D eigenvalue weighted by Gasteiger charge is -2.33. The lowest BCUT2D eigenvalue weighted by Crippen LogP contribution is -2.54. The fraction of sp³-hybridized carbons (Fsp3) is 0.500. The van der Waals surface area contributed by atoms with E-state index in [4.69, 9.17) is 15.9 Å². The summed E-state index contributed by atoms with van der Waals surface area (Å²) < 4.78 is 9.33. The highest BCUT2D eigenvalue weighted by molar-refractivity contribution is 7.09. The molecule has 0 saturated heterocycles. The van der Waals surface area contributed by atoms with Gasteiger partial charge in [0.05, 0.1) is 18.5 Å². The third kappa shape index (κ3) is 5.82. The van der Waals surface area contributed by atoms with Gasteiger partial charge >= 0.3 is 0 Å². The van der Waals surface area contributed by atoms with Crippen molar-refractivity contribution in [3.05, 3.63) is 34.7 Å². The number of rotatable bonds is 8. The number of aromatic nitrogens is 1. The summed E-state index contributed by atoms with van der Waals surface area (Å²) in [6.45, 7) is 9.62. The van der Waals surface area contributed by atoms with Crippen molar-refractivity contribution in [1.29, 1.82) is 0 Å². The minimum absolute atomic E-state index is 0.0596. The van der Waals surface area contributed by atoms with Crippen LogP contribution in [0.5, 0.6) is 0 Å². The van der Waals surface area contributed by atoms with Gasteiger partial charge in [0, 0.05) is 5.54 Å².